The first kappa shape index (κ1) is 11.5. The number of hydrogen-bond acceptors (Lipinski definition) is 3. The summed E-state index contributed by atoms with van der Waals surface area (Å²) < 4.78 is 0. The van der Waals surface area contributed by atoms with Crippen LogP contribution in [0.1, 0.15) is 12.5 Å². The molecule has 0 saturated carbocycles. The fourth-order valence-electron chi connectivity index (χ4n) is 1.22. The highest BCUT2D eigenvalue weighted by Crippen LogP contribution is 2.16. The molecule has 0 aliphatic rings. The molecule has 1 amide bonds. The molecular formula is C11H16N2O2. The second-order valence-electron chi connectivity index (χ2n) is 3.85. The number of aryl methyl sites for hydroxylation is 1. The molecule has 82 valence electrons. The summed E-state index contributed by atoms with van der Waals surface area (Å²) in [5.41, 5.74) is 5.93. The van der Waals surface area contributed by atoms with Crippen molar-refractivity contribution in [1.82, 2.24) is 0 Å². The van der Waals surface area contributed by atoms with E-state index in [0.717, 1.165) is 11.3 Å². The number of nitrogens with one attached hydrogen (secondary N) is 1. The van der Waals surface area contributed by atoms with E-state index in [1.165, 1.54) is 0 Å². The number of amides is 1. The van der Waals surface area contributed by atoms with Gasteiger partial charge in [-0.15, -0.1) is 0 Å². The normalized spacial score (nSPS) is 14.3. The van der Waals surface area contributed by atoms with E-state index in [1.807, 2.05) is 31.2 Å². The predicted molar refractivity (Wildman–Crippen MR) is 59.5 cm³/mol. The Balaban J connectivity index is 2.89. The van der Waals surface area contributed by atoms with E-state index in [9.17, 15) is 4.79 Å². The van der Waals surface area contributed by atoms with Gasteiger partial charge in [0, 0.05) is 5.69 Å². The Morgan fingerprint density at radius 3 is 2.73 bits per heavy atom. The first-order chi connectivity index (χ1) is 6.98. The van der Waals surface area contributed by atoms with Gasteiger partial charge < -0.3 is 16.2 Å². The van der Waals surface area contributed by atoms with Gasteiger partial charge in [0.15, 0.2) is 0 Å². The minimum atomic E-state index is -1.12. The molecule has 1 rings (SSSR count). The number of aliphatic hydroxyl groups is 1. The molecule has 0 heterocycles. The molecule has 0 aliphatic carbocycles. The highest BCUT2D eigenvalue weighted by Gasteiger charge is 2.29. The van der Waals surface area contributed by atoms with Crippen molar-refractivity contribution in [1.29, 1.82) is 0 Å². The van der Waals surface area contributed by atoms with Crippen LogP contribution in [-0.4, -0.2) is 23.2 Å². The monoisotopic (exact) mass is 208 g/mol. The fraction of sp³-hybridized carbons (Fsp3) is 0.364. The lowest BCUT2D eigenvalue weighted by atomic mass is 10.0. The number of benzene rings is 1. The highest BCUT2D eigenvalue weighted by atomic mass is 16.3. The molecule has 1 unspecified atom stereocenters. The van der Waals surface area contributed by atoms with Crippen molar-refractivity contribution in [3.63, 3.8) is 0 Å². The number of rotatable bonds is 4. The average Bonchev–Trinajstić information content (AvgIpc) is 2.17. The molecule has 0 bridgehead atoms. The van der Waals surface area contributed by atoms with Crippen LogP contribution in [0.2, 0.25) is 0 Å². The first-order valence-electron chi connectivity index (χ1n) is 4.73. The third-order valence-corrected chi connectivity index (χ3v) is 2.30. The summed E-state index contributed by atoms with van der Waals surface area (Å²) >= 11 is 0. The van der Waals surface area contributed by atoms with Gasteiger partial charge >= 0.3 is 0 Å². The topological polar surface area (TPSA) is 75.3 Å². The van der Waals surface area contributed by atoms with Crippen molar-refractivity contribution >= 4 is 11.6 Å². The van der Waals surface area contributed by atoms with Crippen molar-refractivity contribution in [2.24, 2.45) is 5.73 Å². The van der Waals surface area contributed by atoms with Crippen LogP contribution < -0.4 is 11.1 Å². The number of hydrogen-bond donors (Lipinski definition) is 3. The summed E-state index contributed by atoms with van der Waals surface area (Å²) in [6.45, 7) is 3.18. The molecule has 4 heteroatoms. The summed E-state index contributed by atoms with van der Waals surface area (Å²) in [5.74, 6) is -0.577. The number of nitrogens with two attached hydrogens (primary N) is 1. The molecule has 1 aromatic rings. The van der Waals surface area contributed by atoms with Gasteiger partial charge in [0.1, 0.15) is 5.54 Å². The Bertz CT molecular complexity index is 365. The van der Waals surface area contributed by atoms with E-state index < -0.39 is 11.4 Å². The maximum absolute atomic E-state index is 11.1. The van der Waals surface area contributed by atoms with Crippen LogP contribution in [0.15, 0.2) is 24.3 Å². The third-order valence-electron chi connectivity index (χ3n) is 2.30. The van der Waals surface area contributed by atoms with E-state index >= 15 is 0 Å². The van der Waals surface area contributed by atoms with Gasteiger partial charge in [-0.25, -0.2) is 0 Å². The summed E-state index contributed by atoms with van der Waals surface area (Å²) in [6.07, 6.45) is 0. The fourth-order valence-corrected chi connectivity index (χ4v) is 1.22. The molecule has 4 N–H and O–H groups in total. The van der Waals surface area contributed by atoms with Crippen LogP contribution in [0.5, 0.6) is 0 Å². The standard InChI is InChI=1S/C11H16N2O2/c1-8-4-3-5-9(6-8)13-11(2,7-14)10(12)15/h3-6,13-14H,7H2,1-2H3,(H2,12,15). The molecule has 0 spiro atoms. The lowest BCUT2D eigenvalue weighted by Crippen LogP contribution is -2.50. The van der Waals surface area contributed by atoms with Gasteiger partial charge in [-0.2, -0.15) is 0 Å². The SMILES string of the molecule is Cc1cccc(NC(C)(CO)C(N)=O)c1. The third kappa shape index (κ3) is 2.70. The zero-order chi connectivity index (χ0) is 11.5. The molecule has 0 aromatic heterocycles. The van der Waals surface area contributed by atoms with Crippen molar-refractivity contribution in [2.45, 2.75) is 19.4 Å². The molecule has 0 aliphatic heterocycles. The minimum Gasteiger partial charge on any atom is -0.393 e. The molecular weight excluding hydrogens is 192 g/mol. The lowest BCUT2D eigenvalue weighted by Gasteiger charge is -2.26. The zero-order valence-corrected chi connectivity index (χ0v) is 8.95. The van der Waals surface area contributed by atoms with Gasteiger partial charge in [-0.3, -0.25) is 4.79 Å². The number of primary amides is 1. The summed E-state index contributed by atoms with van der Waals surface area (Å²) in [7, 11) is 0. The Kier molecular flexibility index (Phi) is 3.31. The van der Waals surface area contributed by atoms with Gasteiger partial charge in [-0.1, -0.05) is 12.1 Å². The molecule has 15 heavy (non-hydrogen) atoms. The van der Waals surface area contributed by atoms with Crippen LogP contribution >= 0.6 is 0 Å². The van der Waals surface area contributed by atoms with E-state index in [2.05, 4.69) is 5.32 Å². The second kappa shape index (κ2) is 4.31. The Morgan fingerprint density at radius 1 is 1.60 bits per heavy atom. The first-order valence-corrected chi connectivity index (χ1v) is 4.73. The largest absolute Gasteiger partial charge is 0.393 e. The molecule has 0 fully saturated rings. The highest BCUT2D eigenvalue weighted by molar-refractivity contribution is 5.87. The van der Waals surface area contributed by atoms with E-state index in [0.29, 0.717) is 0 Å². The Hall–Kier alpha value is -1.55. The number of carbonyl (C=O) groups excluding carboxylic acids is 1. The summed E-state index contributed by atoms with van der Waals surface area (Å²) in [4.78, 5) is 11.1. The summed E-state index contributed by atoms with van der Waals surface area (Å²) in [5, 5.41) is 12.0. The van der Waals surface area contributed by atoms with Crippen LogP contribution in [0.4, 0.5) is 5.69 Å². The molecule has 0 saturated heterocycles. The summed E-state index contributed by atoms with van der Waals surface area (Å²) in [6, 6.07) is 7.53. The van der Waals surface area contributed by atoms with E-state index in [1.54, 1.807) is 6.92 Å². The van der Waals surface area contributed by atoms with Crippen molar-refractivity contribution < 1.29 is 9.90 Å². The zero-order valence-electron chi connectivity index (χ0n) is 8.95. The lowest BCUT2D eigenvalue weighted by molar-refractivity contribution is -0.122. The van der Waals surface area contributed by atoms with E-state index in [4.69, 9.17) is 10.8 Å². The molecule has 1 atom stereocenters. The minimum absolute atomic E-state index is 0.337. The molecule has 0 radical (unpaired) electrons. The van der Waals surface area contributed by atoms with Crippen molar-refractivity contribution in [2.75, 3.05) is 11.9 Å². The maximum atomic E-state index is 11.1. The Labute approximate surface area is 89.1 Å². The quantitative estimate of drug-likeness (QED) is 0.679. The average molecular weight is 208 g/mol. The smallest absolute Gasteiger partial charge is 0.245 e. The number of anilines is 1. The maximum Gasteiger partial charge on any atom is 0.245 e. The molecule has 4 nitrogen and oxygen atoms in total. The van der Waals surface area contributed by atoms with Gasteiger partial charge in [0.05, 0.1) is 6.61 Å². The van der Waals surface area contributed by atoms with E-state index in [-0.39, 0.29) is 6.61 Å². The van der Waals surface area contributed by atoms with Crippen LogP contribution in [0, 0.1) is 6.92 Å². The number of carbonyl (C=O) groups is 1. The van der Waals surface area contributed by atoms with Crippen molar-refractivity contribution in [3.05, 3.63) is 29.8 Å². The van der Waals surface area contributed by atoms with Gasteiger partial charge in [0.25, 0.3) is 0 Å². The van der Waals surface area contributed by atoms with Gasteiger partial charge in [-0.05, 0) is 31.5 Å². The second-order valence-corrected chi connectivity index (χ2v) is 3.85. The van der Waals surface area contributed by atoms with Crippen LogP contribution in [0.3, 0.4) is 0 Å². The predicted octanol–water partition coefficient (Wildman–Crippen LogP) is 0.643. The van der Waals surface area contributed by atoms with Crippen LogP contribution in [-0.2, 0) is 4.79 Å². The van der Waals surface area contributed by atoms with Crippen molar-refractivity contribution in [3.8, 4) is 0 Å². The number of aliphatic hydroxyl groups excluding tert-OH is 1. The van der Waals surface area contributed by atoms with Crippen LogP contribution in [0.25, 0.3) is 0 Å². The molecule has 1 aromatic carbocycles. The van der Waals surface area contributed by atoms with Gasteiger partial charge in [0.2, 0.25) is 5.91 Å². The Morgan fingerprint density at radius 2 is 2.27 bits per heavy atom.